The predicted molar refractivity (Wildman–Crippen MR) is 121 cm³/mol. The topological polar surface area (TPSA) is 88.2 Å². The summed E-state index contributed by atoms with van der Waals surface area (Å²) in [6, 6.07) is 18.0. The number of hydrogen-bond acceptors (Lipinski definition) is 5. The van der Waals surface area contributed by atoms with Gasteiger partial charge in [0.1, 0.15) is 0 Å². The van der Waals surface area contributed by atoms with Crippen molar-refractivity contribution in [2.24, 2.45) is 0 Å². The number of nitrogens with zero attached hydrogens (tertiary/aromatic N) is 1. The van der Waals surface area contributed by atoms with Crippen LogP contribution >= 0.6 is 22.9 Å². The fraction of sp³-hybridized carbons (Fsp3) is 0.0476. The van der Waals surface area contributed by atoms with Gasteiger partial charge in [-0.25, -0.2) is 13.4 Å². The molecule has 6 nitrogen and oxygen atoms in total. The summed E-state index contributed by atoms with van der Waals surface area (Å²) in [7, 11) is -3.75. The van der Waals surface area contributed by atoms with E-state index in [1.54, 1.807) is 42.5 Å². The Morgan fingerprint density at radius 2 is 1.80 bits per heavy atom. The highest BCUT2D eigenvalue weighted by Gasteiger charge is 2.16. The molecule has 4 aromatic rings. The van der Waals surface area contributed by atoms with Crippen molar-refractivity contribution in [1.29, 1.82) is 0 Å². The number of benzene rings is 3. The SMILES string of the molecule is Cc1ccc(Cl)c2sc(NC(=O)c3cccc(NS(=O)(=O)c4ccccc4)c3)nc12. The number of sulfonamides is 1. The van der Waals surface area contributed by atoms with Crippen LogP contribution < -0.4 is 10.0 Å². The normalized spacial score (nSPS) is 11.4. The number of thiazole rings is 1. The summed E-state index contributed by atoms with van der Waals surface area (Å²) >= 11 is 7.51. The highest BCUT2D eigenvalue weighted by molar-refractivity contribution is 7.92. The van der Waals surface area contributed by atoms with Crippen molar-refractivity contribution in [2.45, 2.75) is 11.8 Å². The van der Waals surface area contributed by atoms with Gasteiger partial charge in [0.15, 0.2) is 5.13 Å². The van der Waals surface area contributed by atoms with E-state index in [0.717, 1.165) is 15.8 Å². The van der Waals surface area contributed by atoms with Gasteiger partial charge in [0, 0.05) is 11.3 Å². The minimum atomic E-state index is -3.75. The Hall–Kier alpha value is -2.94. The average molecular weight is 458 g/mol. The molecule has 3 aromatic carbocycles. The molecule has 0 aliphatic rings. The molecule has 0 radical (unpaired) electrons. The van der Waals surface area contributed by atoms with Gasteiger partial charge in [-0.3, -0.25) is 14.8 Å². The summed E-state index contributed by atoms with van der Waals surface area (Å²) in [6.45, 7) is 1.92. The molecule has 0 unspecified atom stereocenters. The molecule has 0 aliphatic carbocycles. The van der Waals surface area contributed by atoms with E-state index in [0.29, 0.717) is 15.7 Å². The second-order valence-electron chi connectivity index (χ2n) is 6.51. The van der Waals surface area contributed by atoms with Crippen LogP contribution in [0, 0.1) is 6.92 Å². The minimum absolute atomic E-state index is 0.140. The van der Waals surface area contributed by atoms with Crippen molar-refractivity contribution in [3.63, 3.8) is 0 Å². The molecular weight excluding hydrogens is 442 g/mol. The Kier molecular flexibility index (Phi) is 5.46. The predicted octanol–water partition coefficient (Wildman–Crippen LogP) is 5.31. The third kappa shape index (κ3) is 4.16. The maximum Gasteiger partial charge on any atom is 0.261 e. The number of aromatic nitrogens is 1. The summed E-state index contributed by atoms with van der Waals surface area (Å²) in [6.07, 6.45) is 0. The number of amides is 1. The summed E-state index contributed by atoms with van der Waals surface area (Å²) in [4.78, 5) is 17.3. The number of aryl methyl sites for hydroxylation is 1. The fourth-order valence-electron chi connectivity index (χ4n) is 2.86. The first kappa shape index (κ1) is 20.3. The summed E-state index contributed by atoms with van der Waals surface area (Å²) in [5, 5.41) is 3.75. The molecule has 0 atom stereocenters. The maximum atomic E-state index is 12.7. The molecular formula is C21H16ClN3O3S2. The zero-order chi connectivity index (χ0) is 21.3. The maximum absolute atomic E-state index is 12.7. The van der Waals surface area contributed by atoms with E-state index in [9.17, 15) is 13.2 Å². The van der Waals surface area contributed by atoms with E-state index in [1.807, 2.05) is 13.0 Å². The van der Waals surface area contributed by atoms with Crippen LogP contribution in [0.25, 0.3) is 10.2 Å². The van der Waals surface area contributed by atoms with Gasteiger partial charge in [-0.05, 0) is 48.9 Å². The molecule has 0 saturated heterocycles. The van der Waals surface area contributed by atoms with Crippen LogP contribution in [0.1, 0.15) is 15.9 Å². The van der Waals surface area contributed by atoms with E-state index < -0.39 is 15.9 Å². The second kappa shape index (κ2) is 8.06. The molecule has 2 N–H and O–H groups in total. The van der Waals surface area contributed by atoms with Gasteiger partial charge in [-0.1, -0.05) is 53.3 Å². The molecule has 0 fully saturated rings. The third-order valence-electron chi connectivity index (χ3n) is 4.35. The molecule has 1 aromatic heterocycles. The number of fused-ring (bicyclic) bond motifs is 1. The first-order valence-corrected chi connectivity index (χ1v) is 11.6. The van der Waals surface area contributed by atoms with E-state index in [-0.39, 0.29) is 10.6 Å². The van der Waals surface area contributed by atoms with Gasteiger partial charge in [-0.15, -0.1) is 0 Å². The molecule has 4 rings (SSSR count). The highest BCUT2D eigenvalue weighted by Crippen LogP contribution is 2.34. The number of hydrogen-bond donors (Lipinski definition) is 2. The lowest BCUT2D eigenvalue weighted by Crippen LogP contribution is -2.15. The van der Waals surface area contributed by atoms with E-state index in [4.69, 9.17) is 11.6 Å². The van der Waals surface area contributed by atoms with Gasteiger partial charge in [0.05, 0.1) is 20.1 Å². The second-order valence-corrected chi connectivity index (χ2v) is 9.60. The summed E-state index contributed by atoms with van der Waals surface area (Å²) in [5.74, 6) is -0.399. The molecule has 0 bridgehead atoms. The molecule has 0 spiro atoms. The lowest BCUT2D eigenvalue weighted by molar-refractivity contribution is 0.102. The molecule has 0 aliphatic heterocycles. The molecule has 152 valence electrons. The zero-order valence-corrected chi connectivity index (χ0v) is 18.1. The van der Waals surface area contributed by atoms with Crippen molar-refractivity contribution in [1.82, 2.24) is 4.98 Å². The number of anilines is 2. The lowest BCUT2D eigenvalue weighted by atomic mass is 10.2. The highest BCUT2D eigenvalue weighted by atomic mass is 35.5. The molecule has 1 heterocycles. The van der Waals surface area contributed by atoms with Gasteiger partial charge in [-0.2, -0.15) is 0 Å². The monoisotopic (exact) mass is 457 g/mol. The van der Waals surface area contributed by atoms with Crippen molar-refractivity contribution < 1.29 is 13.2 Å². The van der Waals surface area contributed by atoms with E-state index in [1.165, 1.54) is 29.5 Å². The number of rotatable bonds is 5. The molecule has 9 heteroatoms. The van der Waals surface area contributed by atoms with Gasteiger partial charge >= 0.3 is 0 Å². The van der Waals surface area contributed by atoms with Crippen molar-refractivity contribution in [3.05, 3.63) is 82.9 Å². The van der Waals surface area contributed by atoms with E-state index in [2.05, 4.69) is 15.0 Å². The first-order chi connectivity index (χ1) is 14.3. The average Bonchev–Trinajstić information content (AvgIpc) is 3.16. The third-order valence-corrected chi connectivity index (χ3v) is 7.18. The summed E-state index contributed by atoms with van der Waals surface area (Å²) < 4.78 is 28.3. The Labute approximate surface area is 182 Å². The Balaban J connectivity index is 1.56. The largest absolute Gasteiger partial charge is 0.298 e. The number of carbonyl (C=O) groups excluding carboxylic acids is 1. The fourth-order valence-corrected chi connectivity index (χ4v) is 5.14. The van der Waals surface area contributed by atoms with Crippen molar-refractivity contribution in [3.8, 4) is 0 Å². The number of carbonyl (C=O) groups is 1. The van der Waals surface area contributed by atoms with Crippen LogP contribution in [0.2, 0.25) is 5.02 Å². The van der Waals surface area contributed by atoms with Gasteiger partial charge < -0.3 is 0 Å². The zero-order valence-electron chi connectivity index (χ0n) is 15.7. The van der Waals surface area contributed by atoms with Crippen molar-refractivity contribution >= 4 is 59.9 Å². The smallest absolute Gasteiger partial charge is 0.261 e. The van der Waals surface area contributed by atoms with Crippen molar-refractivity contribution in [2.75, 3.05) is 10.0 Å². The molecule has 1 amide bonds. The Bertz CT molecular complexity index is 1310. The van der Waals surface area contributed by atoms with Gasteiger partial charge in [0.2, 0.25) is 0 Å². The van der Waals surface area contributed by atoms with Crippen LogP contribution in [0.15, 0.2) is 71.6 Å². The lowest BCUT2D eigenvalue weighted by Gasteiger charge is -2.09. The summed E-state index contributed by atoms with van der Waals surface area (Å²) in [5.41, 5.74) is 2.29. The quantitative estimate of drug-likeness (QED) is 0.425. The number of nitrogens with one attached hydrogen (secondary N) is 2. The first-order valence-electron chi connectivity index (χ1n) is 8.88. The van der Waals surface area contributed by atoms with Crippen LogP contribution in [-0.2, 0) is 10.0 Å². The van der Waals surface area contributed by atoms with Gasteiger partial charge in [0.25, 0.3) is 15.9 Å². The molecule has 0 saturated carbocycles. The van der Waals surface area contributed by atoms with Crippen LogP contribution in [0.5, 0.6) is 0 Å². The standard InChI is InChI=1S/C21H16ClN3O3S2/c1-13-10-11-17(22)19-18(13)23-21(29-19)24-20(26)14-6-5-7-15(12-14)25-30(27,28)16-8-3-2-4-9-16/h2-12,25H,1H3,(H,23,24,26). The Morgan fingerprint density at radius 1 is 1.03 bits per heavy atom. The number of halogens is 1. The van der Waals surface area contributed by atoms with Crippen LogP contribution in [0.3, 0.4) is 0 Å². The van der Waals surface area contributed by atoms with Crippen LogP contribution in [-0.4, -0.2) is 19.3 Å². The molecule has 30 heavy (non-hydrogen) atoms. The van der Waals surface area contributed by atoms with Crippen LogP contribution in [0.4, 0.5) is 10.8 Å². The minimum Gasteiger partial charge on any atom is -0.298 e. The van der Waals surface area contributed by atoms with E-state index >= 15 is 0 Å². The Morgan fingerprint density at radius 3 is 2.53 bits per heavy atom.